The first-order chi connectivity index (χ1) is 54.7. The number of fused-ring (bicyclic) bond motifs is 8. The van der Waals surface area contributed by atoms with E-state index in [1.807, 2.05) is 48.5 Å². The van der Waals surface area contributed by atoms with Gasteiger partial charge >= 0.3 is 59.7 Å². The molecule has 114 heavy (non-hydrogen) atoms. The molecule has 0 atom stereocenters. The van der Waals surface area contributed by atoms with E-state index in [-0.39, 0.29) is 101 Å². The minimum absolute atomic E-state index is 0.0236. The summed E-state index contributed by atoms with van der Waals surface area (Å²) in [5.74, 6) is -8.03. The maximum atomic E-state index is 14.0. The van der Waals surface area contributed by atoms with Crippen molar-refractivity contribution in [3.8, 4) is 23.0 Å². The van der Waals surface area contributed by atoms with Crippen molar-refractivity contribution >= 4 is 71.3 Å². The zero-order chi connectivity index (χ0) is 83.5. The molecule has 8 bridgehead atoms. The molecular formula is C88H112O26. The highest BCUT2D eigenvalue weighted by Crippen LogP contribution is 2.42. The van der Waals surface area contributed by atoms with E-state index in [9.17, 15) is 57.5 Å². The summed E-state index contributed by atoms with van der Waals surface area (Å²) in [4.78, 5) is 153. The summed E-state index contributed by atoms with van der Waals surface area (Å²) in [7, 11) is 2.23. The van der Waals surface area contributed by atoms with Crippen LogP contribution in [0.5, 0.6) is 23.0 Å². The highest BCUT2D eigenvalue weighted by Gasteiger charge is 2.28. The van der Waals surface area contributed by atoms with Crippen LogP contribution in [0.2, 0.25) is 0 Å². The summed E-state index contributed by atoms with van der Waals surface area (Å²) in [6, 6.07) is 14.7. The summed E-state index contributed by atoms with van der Waals surface area (Å²) in [6.07, 6.45) is 11.0. The predicted molar refractivity (Wildman–Crippen MR) is 419 cm³/mol. The monoisotopic (exact) mass is 1580 g/mol. The van der Waals surface area contributed by atoms with Crippen molar-refractivity contribution in [2.45, 2.75) is 222 Å². The van der Waals surface area contributed by atoms with Crippen LogP contribution in [0.1, 0.15) is 237 Å². The summed E-state index contributed by atoms with van der Waals surface area (Å²) in [5.41, 5.74) is 5.55. The minimum atomic E-state index is -0.958. The fraction of sp³-hybridized carbons (Fsp3) is 0.500. The lowest BCUT2D eigenvalue weighted by molar-refractivity contribution is -0.155. The highest BCUT2D eigenvalue weighted by molar-refractivity contribution is 5.96. The van der Waals surface area contributed by atoms with E-state index in [0.717, 1.165) is 91.3 Å². The molecule has 4 aromatic carbocycles. The topological polar surface area (TPSA) is 334 Å². The molecule has 5 rings (SSSR count). The number of Topliss-reactive ketones (excluding diaryl/α,β-unsaturated/α-hetero) is 2. The van der Waals surface area contributed by atoms with Gasteiger partial charge in [-0.15, -0.1) is 0 Å². The second kappa shape index (κ2) is 50.9. The van der Waals surface area contributed by atoms with Crippen LogP contribution < -0.4 is 18.9 Å². The Morgan fingerprint density at radius 1 is 0.281 bits per heavy atom. The molecular weight excluding hydrogens is 1470 g/mol. The number of ketones is 2. The van der Waals surface area contributed by atoms with E-state index in [1.54, 1.807) is 0 Å². The van der Waals surface area contributed by atoms with Crippen LogP contribution >= 0.6 is 0 Å². The number of hydrogen-bond acceptors (Lipinski definition) is 26. The van der Waals surface area contributed by atoms with E-state index in [2.05, 4.69) is 63.5 Å². The number of carbonyl (C=O) groups excluding carboxylic acids is 12. The number of methoxy groups -OCH3 is 2. The Kier molecular flexibility index (Phi) is 41.9. The van der Waals surface area contributed by atoms with Crippen LogP contribution in [0.4, 0.5) is 0 Å². The number of hydrogen-bond donors (Lipinski definition) is 0. The van der Waals surface area contributed by atoms with Crippen molar-refractivity contribution in [2.75, 3.05) is 67.1 Å². The van der Waals surface area contributed by atoms with Crippen molar-refractivity contribution in [3.63, 3.8) is 0 Å². The largest absolute Gasteiger partial charge is 0.493 e. The maximum Gasteiger partial charge on any atom is 0.337 e. The molecule has 0 amide bonds. The van der Waals surface area contributed by atoms with Crippen LogP contribution in [0.25, 0.3) is 0 Å². The first-order valence-electron chi connectivity index (χ1n) is 38.9. The third-order valence-electron chi connectivity index (χ3n) is 17.8. The lowest BCUT2D eigenvalue weighted by atomic mass is 9.88. The van der Waals surface area contributed by atoms with Crippen LogP contribution in [0, 0.1) is 0 Å². The van der Waals surface area contributed by atoms with Crippen LogP contribution in [0.3, 0.4) is 0 Å². The first kappa shape index (κ1) is 93.7. The van der Waals surface area contributed by atoms with Gasteiger partial charge in [-0.25, -0.2) is 19.2 Å². The number of carbonyl (C=O) groups is 12. The molecule has 0 spiro atoms. The first-order valence-corrected chi connectivity index (χ1v) is 38.9. The molecule has 620 valence electrons. The molecule has 0 radical (unpaired) electrons. The second-order valence-electron chi connectivity index (χ2n) is 27.9. The van der Waals surface area contributed by atoms with Crippen molar-refractivity contribution in [2.24, 2.45) is 0 Å². The van der Waals surface area contributed by atoms with Gasteiger partial charge in [-0.1, -0.05) is 131 Å². The molecule has 0 saturated carbocycles. The molecule has 0 fully saturated rings. The maximum absolute atomic E-state index is 14.0. The molecule has 0 unspecified atom stereocenters. The van der Waals surface area contributed by atoms with E-state index in [4.69, 9.17) is 56.8 Å². The lowest BCUT2D eigenvalue weighted by Crippen LogP contribution is -2.17. The zero-order valence-electron chi connectivity index (χ0n) is 67.5. The van der Waals surface area contributed by atoms with Crippen molar-refractivity contribution in [1.29, 1.82) is 0 Å². The van der Waals surface area contributed by atoms with Crippen molar-refractivity contribution in [1.82, 2.24) is 0 Å². The van der Waals surface area contributed by atoms with Crippen LogP contribution in [0.15, 0.2) is 97.1 Å². The molecule has 26 nitrogen and oxygen atoms in total. The molecule has 4 aromatic rings. The van der Waals surface area contributed by atoms with Gasteiger partial charge in [0.15, 0.2) is 0 Å². The summed E-state index contributed by atoms with van der Waals surface area (Å²) in [5, 5.41) is 0. The van der Waals surface area contributed by atoms with E-state index < -0.39 is 123 Å². The van der Waals surface area contributed by atoms with Gasteiger partial charge < -0.3 is 66.3 Å². The molecule has 0 N–H and O–H groups in total. The minimum Gasteiger partial charge on any atom is -0.493 e. The van der Waals surface area contributed by atoms with Gasteiger partial charge in [-0.3, -0.25) is 38.4 Å². The van der Waals surface area contributed by atoms with Gasteiger partial charge in [0, 0.05) is 25.7 Å². The van der Waals surface area contributed by atoms with Gasteiger partial charge in [-0.05, 0) is 155 Å². The lowest BCUT2D eigenvalue weighted by Gasteiger charge is -2.25. The quantitative estimate of drug-likeness (QED) is 0.0115. The third kappa shape index (κ3) is 33.8. The third-order valence-corrected chi connectivity index (χ3v) is 17.8. The van der Waals surface area contributed by atoms with E-state index >= 15 is 0 Å². The standard InChI is InChI=1S/C88H112O26/c1-13-17-21-25-29-103-81-67-35-63(53-111-85(97)57(5)49-107-77(93)33-61(9)89)37-69(81)44-71-39-65(55-113-87(99)59(7)51-109-79(95)47-75(91)101-11)41-73(83(71)105-31-27-23-19-15-3)46-74-42-66(56-114-88(100)60(8)52-110-80(96)48-76(92)102-12)40-72(84(74)106-32-28-24-20-16-4)45-70-38-64(36-68(43-67)82(70)104-30-26-22-18-14-2)54-112-86(98)58(6)50-108-78(94)34-62(10)90/h35-42H,5-8,13-34,43-56H2,1-4,9-12H3. The van der Waals surface area contributed by atoms with Gasteiger partial charge in [-0.2, -0.15) is 0 Å². The number of unbranched alkanes of at least 4 members (excludes halogenated alkanes) is 12. The highest BCUT2D eigenvalue weighted by atomic mass is 16.6. The Balaban J connectivity index is 1.96. The number of benzene rings is 4. The molecule has 0 heterocycles. The molecule has 0 saturated heterocycles. The molecule has 0 aromatic heterocycles. The van der Waals surface area contributed by atoms with Gasteiger partial charge in [0.05, 0.1) is 62.9 Å². The Hall–Kier alpha value is -10.9. The Morgan fingerprint density at radius 3 is 0.667 bits per heavy atom. The zero-order valence-corrected chi connectivity index (χ0v) is 67.5. The number of rotatable bonds is 52. The Morgan fingerprint density at radius 2 is 0.482 bits per heavy atom. The summed E-state index contributed by atoms with van der Waals surface area (Å²) < 4.78 is 82.3. The normalized spacial score (nSPS) is 11.3. The fourth-order valence-electron chi connectivity index (χ4n) is 12.0. The predicted octanol–water partition coefficient (Wildman–Crippen LogP) is 13.9. The smallest absolute Gasteiger partial charge is 0.337 e. The molecule has 26 heteroatoms. The van der Waals surface area contributed by atoms with E-state index in [0.29, 0.717) is 115 Å². The van der Waals surface area contributed by atoms with Gasteiger partial charge in [0.1, 0.15) is 113 Å². The second-order valence-corrected chi connectivity index (χ2v) is 27.9. The van der Waals surface area contributed by atoms with E-state index in [1.165, 1.54) is 13.8 Å². The van der Waals surface area contributed by atoms with Crippen molar-refractivity contribution < 1.29 is 124 Å². The van der Waals surface area contributed by atoms with Gasteiger partial charge in [0.2, 0.25) is 0 Å². The molecule has 1 aliphatic carbocycles. The van der Waals surface area contributed by atoms with Crippen molar-refractivity contribution in [3.05, 3.63) is 164 Å². The molecule has 1 aliphatic rings. The summed E-state index contributed by atoms with van der Waals surface area (Å²) in [6.45, 7) is 23.4. The SMILES string of the molecule is C=C(COC(=O)CC(C)=O)C(=O)OCc1cc2c(OCCCCCC)c(c1)Cc1cc(COC(=O)C(=C)COC(=O)CC(=O)OC)cc(c1OCCCCCC)Cc1cc(COC(=O)C(=C)COC(=O)CC(=O)OC)cc(c1OCCCCCC)Cc1cc(COC(=O)C(=C)COC(=O)CC(C)=O)cc(c1OCCCCCC)C2. The van der Waals surface area contributed by atoms with Crippen LogP contribution in [-0.4, -0.2) is 138 Å². The fourth-order valence-corrected chi connectivity index (χ4v) is 12.0. The number of ether oxygens (including phenoxy) is 14. The Bertz CT molecular complexity index is 3690. The average Bonchev–Trinajstić information content (AvgIpc) is 0.772. The average molecular weight is 1590 g/mol. The summed E-state index contributed by atoms with van der Waals surface area (Å²) >= 11 is 0. The van der Waals surface area contributed by atoms with Crippen LogP contribution in [-0.2, 0) is 157 Å². The van der Waals surface area contributed by atoms with Gasteiger partial charge in [0.25, 0.3) is 0 Å². The Labute approximate surface area is 668 Å². The molecule has 0 aliphatic heterocycles. The number of esters is 10.